The van der Waals surface area contributed by atoms with Crippen LogP contribution in [0.15, 0.2) is 18.2 Å². The molecule has 0 radical (unpaired) electrons. The van der Waals surface area contributed by atoms with Crippen LogP contribution in [-0.2, 0) is 4.79 Å². The molecule has 3 N–H and O–H groups in total. The van der Waals surface area contributed by atoms with Crippen molar-refractivity contribution in [2.75, 3.05) is 5.32 Å². The summed E-state index contributed by atoms with van der Waals surface area (Å²) in [7, 11) is 0. The Kier molecular flexibility index (Phi) is 3.30. The fourth-order valence-corrected chi connectivity index (χ4v) is 3.25. The Labute approximate surface area is 124 Å². The number of carbonyl (C=O) groups excluding carboxylic acids is 1. The maximum Gasteiger partial charge on any atom is 0.339 e. The maximum atomic E-state index is 13.3. The molecule has 3 rings (SSSR count). The molecule has 22 heavy (non-hydrogen) atoms. The quantitative estimate of drug-likeness (QED) is 0.749. The monoisotopic (exact) mass is 311 g/mol. The Morgan fingerprint density at radius 3 is 2.59 bits per heavy atom. The summed E-state index contributed by atoms with van der Waals surface area (Å²) in [6.07, 6.45) is 0.908. The predicted octanol–water partition coefficient (Wildman–Crippen LogP) is 2.71. The zero-order valence-electron chi connectivity index (χ0n) is 11.6. The largest absolute Gasteiger partial charge is 0.507 e. The second kappa shape index (κ2) is 4.93. The standard InChI is InChI=1S/C15H15F2NO4/c16-15(17)10-3-1-7(5-11(10)15)13(20)18-8-2-4-12(19)9(6-8)14(21)22/h2,4,6-7,10-11,19H,1,3,5H2,(H,18,20)(H,21,22). The van der Waals surface area contributed by atoms with Gasteiger partial charge >= 0.3 is 5.97 Å². The van der Waals surface area contributed by atoms with Gasteiger partial charge in [0, 0.05) is 23.4 Å². The van der Waals surface area contributed by atoms with Crippen LogP contribution in [0.3, 0.4) is 0 Å². The Balaban J connectivity index is 1.67. The first kappa shape index (κ1) is 14.7. The highest BCUT2D eigenvalue weighted by Gasteiger charge is 2.69. The van der Waals surface area contributed by atoms with Crippen molar-refractivity contribution in [1.82, 2.24) is 0 Å². The first-order valence-corrected chi connectivity index (χ1v) is 7.05. The summed E-state index contributed by atoms with van der Waals surface area (Å²) in [5, 5.41) is 20.9. The van der Waals surface area contributed by atoms with E-state index in [9.17, 15) is 23.5 Å². The van der Waals surface area contributed by atoms with E-state index in [4.69, 9.17) is 5.11 Å². The summed E-state index contributed by atoms with van der Waals surface area (Å²) in [6.45, 7) is 0. The minimum atomic E-state index is -2.63. The van der Waals surface area contributed by atoms with E-state index in [1.807, 2.05) is 0 Å². The number of aromatic hydroxyl groups is 1. The molecule has 0 bridgehead atoms. The number of hydrogen-bond acceptors (Lipinski definition) is 3. The molecule has 2 saturated carbocycles. The van der Waals surface area contributed by atoms with E-state index in [-0.39, 0.29) is 23.6 Å². The fraction of sp³-hybridized carbons (Fsp3) is 0.467. The van der Waals surface area contributed by atoms with Gasteiger partial charge in [0.2, 0.25) is 5.91 Å². The van der Waals surface area contributed by atoms with Crippen molar-refractivity contribution >= 4 is 17.6 Å². The van der Waals surface area contributed by atoms with Gasteiger partial charge in [-0.2, -0.15) is 0 Å². The van der Waals surface area contributed by atoms with Crippen molar-refractivity contribution in [2.24, 2.45) is 17.8 Å². The number of benzene rings is 1. The minimum Gasteiger partial charge on any atom is -0.507 e. The highest BCUT2D eigenvalue weighted by Crippen LogP contribution is 2.63. The summed E-state index contributed by atoms with van der Waals surface area (Å²) < 4.78 is 26.7. The molecule has 0 aromatic heterocycles. The van der Waals surface area contributed by atoms with Crippen LogP contribution < -0.4 is 5.32 Å². The SMILES string of the molecule is O=C(O)c1cc(NC(=O)C2CCC3C(C2)C3(F)F)ccc1O. The molecule has 118 valence electrons. The van der Waals surface area contributed by atoms with Gasteiger partial charge in [0.1, 0.15) is 11.3 Å². The van der Waals surface area contributed by atoms with E-state index in [0.717, 1.165) is 6.07 Å². The van der Waals surface area contributed by atoms with E-state index in [0.29, 0.717) is 12.8 Å². The first-order chi connectivity index (χ1) is 10.3. The maximum absolute atomic E-state index is 13.3. The average Bonchev–Trinajstić information content (AvgIpc) is 3.02. The molecule has 1 aromatic rings. The molecular weight excluding hydrogens is 296 g/mol. The number of carboxylic acids is 1. The molecule has 0 saturated heterocycles. The molecule has 5 nitrogen and oxygen atoms in total. The third-order valence-corrected chi connectivity index (χ3v) is 4.60. The van der Waals surface area contributed by atoms with E-state index in [1.54, 1.807) is 0 Å². The minimum absolute atomic E-state index is 0.160. The summed E-state index contributed by atoms with van der Waals surface area (Å²) in [6, 6.07) is 3.69. The molecule has 0 aliphatic heterocycles. The topological polar surface area (TPSA) is 86.6 Å². The van der Waals surface area contributed by atoms with Crippen LogP contribution in [0, 0.1) is 17.8 Å². The van der Waals surface area contributed by atoms with Gasteiger partial charge in [0.05, 0.1) is 0 Å². The van der Waals surface area contributed by atoms with Gasteiger partial charge in [-0.25, -0.2) is 13.6 Å². The number of rotatable bonds is 3. The lowest BCUT2D eigenvalue weighted by Gasteiger charge is -2.19. The van der Waals surface area contributed by atoms with Gasteiger partial charge in [-0.3, -0.25) is 4.79 Å². The number of hydrogen-bond donors (Lipinski definition) is 3. The molecule has 1 amide bonds. The highest BCUT2D eigenvalue weighted by atomic mass is 19.3. The smallest absolute Gasteiger partial charge is 0.339 e. The molecule has 3 atom stereocenters. The number of nitrogens with one attached hydrogen (secondary N) is 1. The van der Waals surface area contributed by atoms with E-state index in [2.05, 4.69) is 5.32 Å². The summed E-state index contributed by atoms with van der Waals surface area (Å²) >= 11 is 0. The van der Waals surface area contributed by atoms with Gasteiger partial charge in [-0.1, -0.05) is 0 Å². The van der Waals surface area contributed by atoms with E-state index >= 15 is 0 Å². The zero-order chi connectivity index (χ0) is 16.1. The molecule has 2 aliphatic carbocycles. The van der Waals surface area contributed by atoms with Crippen LogP contribution in [0.25, 0.3) is 0 Å². The molecule has 1 aromatic carbocycles. The van der Waals surface area contributed by atoms with Crippen LogP contribution in [0.1, 0.15) is 29.6 Å². The van der Waals surface area contributed by atoms with Gasteiger partial charge in [0.25, 0.3) is 5.92 Å². The number of phenols is 1. The van der Waals surface area contributed by atoms with Crippen LogP contribution in [0.4, 0.5) is 14.5 Å². The van der Waals surface area contributed by atoms with Crippen LogP contribution in [-0.4, -0.2) is 28.0 Å². The normalized spacial score (nSPS) is 28.5. The summed E-state index contributed by atoms with van der Waals surface area (Å²) in [5.41, 5.74) is -0.0971. The highest BCUT2D eigenvalue weighted by molar-refractivity contribution is 5.96. The van der Waals surface area contributed by atoms with Crippen molar-refractivity contribution in [1.29, 1.82) is 0 Å². The number of carboxylic acid groups (broad SMARTS) is 1. The van der Waals surface area contributed by atoms with Crippen molar-refractivity contribution in [2.45, 2.75) is 25.2 Å². The Morgan fingerprint density at radius 2 is 1.95 bits per heavy atom. The third-order valence-electron chi connectivity index (χ3n) is 4.60. The molecule has 2 aliphatic rings. The number of anilines is 1. The molecule has 3 unspecified atom stereocenters. The number of fused-ring (bicyclic) bond motifs is 1. The Hall–Kier alpha value is -2.18. The van der Waals surface area contributed by atoms with Crippen molar-refractivity contribution in [3.05, 3.63) is 23.8 Å². The fourth-order valence-electron chi connectivity index (χ4n) is 3.25. The van der Waals surface area contributed by atoms with E-state index < -0.39 is 35.4 Å². The van der Waals surface area contributed by atoms with E-state index in [1.165, 1.54) is 12.1 Å². The molecule has 2 fully saturated rings. The van der Waals surface area contributed by atoms with Crippen LogP contribution in [0.2, 0.25) is 0 Å². The molecular formula is C15H15F2NO4. The molecule has 0 spiro atoms. The number of alkyl halides is 2. The number of carbonyl (C=O) groups is 2. The van der Waals surface area contributed by atoms with Crippen LogP contribution in [0.5, 0.6) is 5.75 Å². The van der Waals surface area contributed by atoms with Gasteiger partial charge in [-0.05, 0) is 37.5 Å². The molecule has 0 heterocycles. The van der Waals surface area contributed by atoms with Crippen molar-refractivity contribution < 1.29 is 28.6 Å². The molecule has 7 heteroatoms. The number of aromatic carboxylic acids is 1. The lowest BCUT2D eigenvalue weighted by molar-refractivity contribution is -0.120. The van der Waals surface area contributed by atoms with Gasteiger partial charge < -0.3 is 15.5 Å². The number of halogens is 2. The first-order valence-electron chi connectivity index (χ1n) is 7.05. The zero-order valence-corrected chi connectivity index (χ0v) is 11.6. The van der Waals surface area contributed by atoms with Gasteiger partial charge in [0.15, 0.2) is 0 Å². The van der Waals surface area contributed by atoms with Crippen molar-refractivity contribution in [3.8, 4) is 5.75 Å². The Morgan fingerprint density at radius 1 is 1.23 bits per heavy atom. The van der Waals surface area contributed by atoms with Crippen LogP contribution >= 0.6 is 0 Å². The Bertz CT molecular complexity index is 646. The van der Waals surface area contributed by atoms with Gasteiger partial charge in [-0.15, -0.1) is 0 Å². The average molecular weight is 311 g/mol. The summed E-state index contributed by atoms with van der Waals surface area (Å²) in [4.78, 5) is 23.1. The predicted molar refractivity (Wildman–Crippen MR) is 73.0 cm³/mol. The second-order valence-corrected chi connectivity index (χ2v) is 5.92. The second-order valence-electron chi connectivity index (χ2n) is 5.92. The van der Waals surface area contributed by atoms with Crippen molar-refractivity contribution in [3.63, 3.8) is 0 Å². The summed E-state index contributed by atoms with van der Waals surface area (Å²) in [5.74, 6) is -6.50. The lowest BCUT2D eigenvalue weighted by Crippen LogP contribution is -2.25. The third kappa shape index (κ3) is 2.40. The lowest BCUT2D eigenvalue weighted by atomic mass is 9.88. The number of amides is 1.